The van der Waals surface area contributed by atoms with Crippen molar-refractivity contribution in [2.24, 2.45) is 0 Å². The van der Waals surface area contributed by atoms with Crippen molar-refractivity contribution in [2.75, 3.05) is 0 Å². The van der Waals surface area contributed by atoms with E-state index in [9.17, 15) is 0 Å². The van der Waals surface area contributed by atoms with Gasteiger partial charge >= 0.3 is 0 Å². The standard InChI is InChI=1S/C24H22N.C11H8N.Ir/c1-15(2)18-11-12-25-24(14-18)19-9-10-22-21-8-6-5-7-20(21)16(3)17(4)23(22)13-19;1-2-6-10(7-3-1)11-8-4-5-9-12-11;/h5-8,10-15H,1-4H3;1-6,8-9H;/q2*-1;/i3D3,4D3;;. The smallest absolute Gasteiger partial charge is 0.0280 e. The van der Waals surface area contributed by atoms with Gasteiger partial charge < -0.3 is 9.97 Å². The third kappa shape index (κ3) is 5.75. The van der Waals surface area contributed by atoms with Crippen molar-refractivity contribution in [2.45, 2.75) is 33.5 Å². The van der Waals surface area contributed by atoms with Gasteiger partial charge in [-0.2, -0.15) is 0 Å². The molecule has 0 N–H and O–H groups in total. The van der Waals surface area contributed by atoms with E-state index in [4.69, 9.17) is 8.22 Å². The summed E-state index contributed by atoms with van der Waals surface area (Å²) in [5, 5.41) is 2.19. The zero-order chi connectivity index (χ0) is 30.8. The Hall–Kier alpha value is -3.65. The molecule has 1 radical (unpaired) electrons. The summed E-state index contributed by atoms with van der Waals surface area (Å²) >= 11 is 0. The van der Waals surface area contributed by atoms with Gasteiger partial charge in [0.25, 0.3) is 0 Å². The van der Waals surface area contributed by atoms with Gasteiger partial charge in [-0.3, -0.25) is 0 Å². The number of hydrogen-bond donors (Lipinski definition) is 0. The van der Waals surface area contributed by atoms with E-state index in [0.717, 1.165) is 16.8 Å². The minimum absolute atomic E-state index is 0. The van der Waals surface area contributed by atoms with Crippen molar-refractivity contribution in [1.82, 2.24) is 9.97 Å². The molecule has 0 atom stereocenters. The van der Waals surface area contributed by atoms with E-state index < -0.39 is 13.7 Å². The second kappa shape index (κ2) is 12.3. The Balaban J connectivity index is 0.000000284. The molecule has 191 valence electrons. The molecule has 6 rings (SSSR count). The first-order valence-electron chi connectivity index (χ1n) is 15.2. The molecule has 6 aromatic rings. The van der Waals surface area contributed by atoms with Crippen LogP contribution in [-0.2, 0) is 20.1 Å². The monoisotopic (exact) mass is 677 g/mol. The molecule has 4 aromatic carbocycles. The molecule has 2 aromatic heterocycles. The third-order valence-electron chi connectivity index (χ3n) is 6.33. The fourth-order valence-corrected chi connectivity index (χ4v) is 4.30. The van der Waals surface area contributed by atoms with E-state index in [2.05, 4.69) is 35.9 Å². The van der Waals surface area contributed by atoms with Crippen molar-refractivity contribution >= 4 is 21.5 Å². The van der Waals surface area contributed by atoms with Crippen LogP contribution in [0.4, 0.5) is 0 Å². The quantitative estimate of drug-likeness (QED) is 0.138. The number of hydrogen-bond acceptors (Lipinski definition) is 2. The molecular formula is C35H30IrN2-2. The Morgan fingerprint density at radius 2 is 1.39 bits per heavy atom. The molecule has 2 nitrogen and oxygen atoms in total. The maximum Gasteiger partial charge on any atom is 0.0280 e. The summed E-state index contributed by atoms with van der Waals surface area (Å²) in [6, 6.07) is 34.5. The van der Waals surface area contributed by atoms with Gasteiger partial charge in [0.05, 0.1) is 0 Å². The van der Waals surface area contributed by atoms with Gasteiger partial charge in [-0.05, 0) is 54.1 Å². The van der Waals surface area contributed by atoms with Crippen LogP contribution < -0.4 is 0 Å². The SMILES string of the molecule is [2H]C([2H])([2H])c1c(C([2H])([2H])[2H])c2ccccc2c2c[c-]c(-c3cc(C(C)C)ccn3)cc12.[Ir].[c-]1ccccc1-c1ccccn1. The molecule has 0 spiro atoms. The fraction of sp³-hybridized carbons (Fsp3) is 0.143. The summed E-state index contributed by atoms with van der Waals surface area (Å²) in [7, 11) is 0. The predicted octanol–water partition coefficient (Wildman–Crippen LogP) is 9.14. The van der Waals surface area contributed by atoms with Crippen LogP contribution in [0.1, 0.15) is 44.7 Å². The van der Waals surface area contributed by atoms with E-state index in [1.807, 2.05) is 66.7 Å². The van der Waals surface area contributed by atoms with Crippen LogP contribution in [0.15, 0.2) is 103 Å². The van der Waals surface area contributed by atoms with Gasteiger partial charge in [0.2, 0.25) is 0 Å². The van der Waals surface area contributed by atoms with Crippen LogP contribution in [0, 0.1) is 25.8 Å². The van der Waals surface area contributed by atoms with Crippen molar-refractivity contribution in [3.8, 4) is 22.5 Å². The Labute approximate surface area is 247 Å². The third-order valence-corrected chi connectivity index (χ3v) is 6.33. The zero-order valence-electron chi connectivity index (χ0n) is 27.1. The first-order chi connectivity index (χ1) is 20.4. The Morgan fingerprint density at radius 3 is 2.11 bits per heavy atom. The van der Waals surface area contributed by atoms with Crippen molar-refractivity contribution in [3.63, 3.8) is 0 Å². The summed E-state index contributed by atoms with van der Waals surface area (Å²) in [4.78, 5) is 8.66. The number of nitrogens with zero attached hydrogens (tertiary/aromatic N) is 2. The van der Waals surface area contributed by atoms with Crippen LogP contribution in [0.2, 0.25) is 0 Å². The topological polar surface area (TPSA) is 25.8 Å². The largest absolute Gasteiger partial charge is 0.305 e. The molecule has 3 heteroatoms. The number of benzene rings is 4. The zero-order valence-corrected chi connectivity index (χ0v) is 23.5. The number of rotatable bonds is 3. The summed E-state index contributed by atoms with van der Waals surface area (Å²) < 4.78 is 48.8. The molecule has 0 aliphatic rings. The van der Waals surface area contributed by atoms with Crippen molar-refractivity contribution in [1.29, 1.82) is 0 Å². The first-order valence-corrected chi connectivity index (χ1v) is 12.2. The molecule has 0 saturated heterocycles. The Kier molecular flexibility index (Phi) is 6.56. The predicted molar refractivity (Wildman–Crippen MR) is 156 cm³/mol. The average Bonchev–Trinajstić information content (AvgIpc) is 3.00. The molecule has 0 aliphatic carbocycles. The van der Waals surface area contributed by atoms with Gasteiger partial charge in [0.1, 0.15) is 0 Å². The van der Waals surface area contributed by atoms with Crippen LogP contribution in [0.3, 0.4) is 0 Å². The molecule has 0 fully saturated rings. The first kappa shape index (κ1) is 20.3. The van der Waals surface area contributed by atoms with Gasteiger partial charge in [0, 0.05) is 40.7 Å². The molecule has 0 unspecified atom stereocenters. The molecule has 0 amide bonds. The minimum Gasteiger partial charge on any atom is -0.305 e. The van der Waals surface area contributed by atoms with Crippen LogP contribution in [0.25, 0.3) is 44.1 Å². The summed E-state index contributed by atoms with van der Waals surface area (Å²) in [5.41, 5.74) is 4.18. The Morgan fingerprint density at radius 1 is 0.658 bits per heavy atom. The van der Waals surface area contributed by atoms with Crippen LogP contribution in [-0.4, -0.2) is 9.97 Å². The fourth-order valence-electron chi connectivity index (χ4n) is 4.30. The maximum atomic E-state index is 8.17. The number of aromatic nitrogens is 2. The number of fused-ring (bicyclic) bond motifs is 3. The number of aryl methyl sites for hydroxylation is 2. The second-order valence-electron chi connectivity index (χ2n) is 9.09. The molecule has 0 bridgehead atoms. The van der Waals surface area contributed by atoms with Gasteiger partial charge in [0.15, 0.2) is 0 Å². The summed E-state index contributed by atoms with van der Waals surface area (Å²) in [6.45, 7) is -1.000. The van der Waals surface area contributed by atoms with E-state index in [-0.39, 0.29) is 31.2 Å². The molecule has 0 saturated carbocycles. The van der Waals surface area contributed by atoms with Gasteiger partial charge in [-0.15, -0.1) is 59.7 Å². The van der Waals surface area contributed by atoms with E-state index in [1.54, 1.807) is 36.7 Å². The minimum atomic E-state index is -2.60. The van der Waals surface area contributed by atoms with Gasteiger partial charge in [-0.1, -0.05) is 83.6 Å². The number of pyridine rings is 2. The van der Waals surface area contributed by atoms with Crippen LogP contribution >= 0.6 is 0 Å². The average molecular weight is 677 g/mol. The second-order valence-corrected chi connectivity index (χ2v) is 9.09. The van der Waals surface area contributed by atoms with E-state index in [1.165, 1.54) is 0 Å². The molecule has 38 heavy (non-hydrogen) atoms. The maximum absolute atomic E-state index is 8.17. The summed E-state index contributed by atoms with van der Waals surface area (Å²) in [6.07, 6.45) is 3.51. The Bertz CT molecular complexity index is 1830. The summed E-state index contributed by atoms with van der Waals surface area (Å²) in [5.74, 6) is 0.311. The van der Waals surface area contributed by atoms with Crippen LogP contribution in [0.5, 0.6) is 0 Å². The molecule has 2 heterocycles. The van der Waals surface area contributed by atoms with Crippen molar-refractivity contribution < 1.29 is 28.3 Å². The molecule has 0 aliphatic heterocycles. The van der Waals surface area contributed by atoms with Gasteiger partial charge in [-0.25, -0.2) is 0 Å². The normalized spacial score (nSPS) is 13.7. The van der Waals surface area contributed by atoms with E-state index in [0.29, 0.717) is 38.7 Å². The van der Waals surface area contributed by atoms with Crippen molar-refractivity contribution in [3.05, 3.63) is 132 Å². The molecular weight excluding hydrogens is 641 g/mol. The van der Waals surface area contributed by atoms with E-state index >= 15 is 0 Å².